The van der Waals surface area contributed by atoms with Gasteiger partial charge < -0.3 is 14.4 Å². The van der Waals surface area contributed by atoms with Gasteiger partial charge in [-0.05, 0) is 54.8 Å². The predicted octanol–water partition coefficient (Wildman–Crippen LogP) is 3.60. The van der Waals surface area contributed by atoms with Crippen LogP contribution < -0.4 is 4.74 Å². The highest BCUT2D eigenvalue weighted by molar-refractivity contribution is 5.94. The summed E-state index contributed by atoms with van der Waals surface area (Å²) < 4.78 is 10.9. The number of carbonyl (C=O) groups is 1. The van der Waals surface area contributed by atoms with Crippen molar-refractivity contribution in [2.75, 3.05) is 27.3 Å². The van der Waals surface area contributed by atoms with Crippen molar-refractivity contribution in [1.29, 1.82) is 0 Å². The number of carbonyl (C=O) groups excluding carboxylic acids is 1. The van der Waals surface area contributed by atoms with Crippen LogP contribution in [0.25, 0.3) is 0 Å². The van der Waals surface area contributed by atoms with E-state index >= 15 is 0 Å². The van der Waals surface area contributed by atoms with Gasteiger partial charge in [-0.1, -0.05) is 18.2 Å². The lowest BCUT2D eigenvalue weighted by atomic mass is 10.1. The van der Waals surface area contributed by atoms with E-state index in [9.17, 15) is 4.79 Å². The summed E-state index contributed by atoms with van der Waals surface area (Å²) in [5, 5.41) is 0. The van der Waals surface area contributed by atoms with Crippen LogP contribution in [-0.4, -0.2) is 38.1 Å². The molecule has 2 aromatic carbocycles. The normalized spacial score (nSPS) is 10.5. The lowest BCUT2D eigenvalue weighted by Crippen LogP contribution is -2.30. The van der Waals surface area contributed by atoms with E-state index < -0.39 is 0 Å². The quantitative estimate of drug-likeness (QED) is 0.780. The lowest BCUT2D eigenvalue weighted by Gasteiger charge is -2.18. The number of benzene rings is 2. The summed E-state index contributed by atoms with van der Waals surface area (Å²) in [5.41, 5.74) is 4.00. The van der Waals surface area contributed by atoms with Gasteiger partial charge in [-0.15, -0.1) is 0 Å². The number of amides is 1. The first-order valence-electron chi connectivity index (χ1n) is 8.04. The molecule has 4 nitrogen and oxygen atoms in total. The highest BCUT2D eigenvalue weighted by Crippen LogP contribution is 2.16. The van der Waals surface area contributed by atoms with Gasteiger partial charge in [0.1, 0.15) is 12.4 Å². The Morgan fingerprint density at radius 1 is 1.08 bits per heavy atom. The zero-order valence-electron chi connectivity index (χ0n) is 14.8. The van der Waals surface area contributed by atoms with Gasteiger partial charge in [-0.2, -0.15) is 0 Å². The molecule has 0 aliphatic carbocycles. The third-order valence-electron chi connectivity index (χ3n) is 3.72. The van der Waals surface area contributed by atoms with E-state index in [1.807, 2.05) is 50.2 Å². The average Bonchev–Trinajstić information content (AvgIpc) is 2.53. The Kier molecular flexibility index (Phi) is 6.38. The van der Waals surface area contributed by atoms with Gasteiger partial charge in [0.2, 0.25) is 0 Å². The lowest BCUT2D eigenvalue weighted by molar-refractivity contribution is 0.0773. The van der Waals surface area contributed by atoms with E-state index in [-0.39, 0.29) is 5.91 Å². The Labute approximate surface area is 144 Å². The molecule has 0 unspecified atom stereocenters. The highest BCUT2D eigenvalue weighted by Gasteiger charge is 2.12. The molecule has 0 saturated heterocycles. The molecule has 1 amide bonds. The number of nitrogens with zero attached hydrogens (tertiary/aromatic N) is 1. The molecule has 2 rings (SSSR count). The van der Waals surface area contributed by atoms with Crippen molar-refractivity contribution in [1.82, 2.24) is 4.90 Å². The molecule has 0 bridgehead atoms. The summed E-state index contributed by atoms with van der Waals surface area (Å²) in [6.07, 6.45) is 0. The van der Waals surface area contributed by atoms with Crippen LogP contribution in [0.3, 0.4) is 0 Å². The largest absolute Gasteiger partial charge is 0.492 e. The second-order valence-corrected chi connectivity index (χ2v) is 6.03. The molecule has 0 fully saturated rings. The molecule has 0 saturated carbocycles. The van der Waals surface area contributed by atoms with Crippen LogP contribution in [0.1, 0.15) is 27.0 Å². The molecular weight excluding hydrogens is 302 g/mol. The van der Waals surface area contributed by atoms with Crippen LogP contribution in [-0.2, 0) is 11.3 Å². The Balaban J connectivity index is 1.90. The molecule has 24 heavy (non-hydrogen) atoms. The third kappa shape index (κ3) is 5.10. The second kappa shape index (κ2) is 8.50. The summed E-state index contributed by atoms with van der Waals surface area (Å²) in [4.78, 5) is 14.2. The molecular formula is C20H25NO3. The van der Waals surface area contributed by atoms with Gasteiger partial charge in [0.15, 0.2) is 0 Å². The maximum Gasteiger partial charge on any atom is 0.253 e. The first kappa shape index (κ1) is 18.0. The monoisotopic (exact) mass is 327 g/mol. The number of ether oxygens (including phenoxy) is 2. The van der Waals surface area contributed by atoms with Crippen molar-refractivity contribution in [3.63, 3.8) is 0 Å². The molecule has 0 N–H and O–H groups in total. The van der Waals surface area contributed by atoms with Gasteiger partial charge in [0.25, 0.3) is 5.91 Å². The van der Waals surface area contributed by atoms with Crippen LogP contribution in [0.15, 0.2) is 42.5 Å². The number of aryl methyl sites for hydroxylation is 2. The summed E-state index contributed by atoms with van der Waals surface area (Å²) in [7, 11) is 3.43. The number of likely N-dealkylation sites (N-methyl/N-ethyl adjacent to an activating group) is 1. The fourth-order valence-electron chi connectivity index (χ4n) is 2.60. The first-order chi connectivity index (χ1) is 11.5. The van der Waals surface area contributed by atoms with E-state index in [1.165, 1.54) is 11.1 Å². The minimum absolute atomic E-state index is 0.0167. The molecule has 4 heteroatoms. The average molecular weight is 327 g/mol. The summed E-state index contributed by atoms with van der Waals surface area (Å²) in [5.74, 6) is 0.826. The van der Waals surface area contributed by atoms with Crippen LogP contribution in [0, 0.1) is 13.8 Å². The molecule has 0 aliphatic heterocycles. The number of rotatable bonds is 7. The van der Waals surface area contributed by atoms with Crippen molar-refractivity contribution in [3.05, 3.63) is 64.7 Å². The smallest absolute Gasteiger partial charge is 0.253 e. The molecule has 0 aromatic heterocycles. The Morgan fingerprint density at radius 3 is 2.46 bits per heavy atom. The van der Waals surface area contributed by atoms with Gasteiger partial charge >= 0.3 is 0 Å². The summed E-state index contributed by atoms with van der Waals surface area (Å²) in [6, 6.07) is 13.6. The van der Waals surface area contributed by atoms with Crippen LogP contribution in [0.2, 0.25) is 0 Å². The minimum atomic E-state index is -0.0167. The maximum atomic E-state index is 12.5. The van der Waals surface area contributed by atoms with Crippen molar-refractivity contribution < 1.29 is 14.3 Å². The Morgan fingerprint density at radius 2 is 1.79 bits per heavy atom. The number of methoxy groups -OCH3 is 1. The number of hydrogen-bond donors (Lipinski definition) is 0. The van der Waals surface area contributed by atoms with Crippen LogP contribution in [0.5, 0.6) is 5.75 Å². The van der Waals surface area contributed by atoms with Gasteiger partial charge in [-0.25, -0.2) is 0 Å². The Bertz CT molecular complexity index is 677. The second-order valence-electron chi connectivity index (χ2n) is 6.03. The van der Waals surface area contributed by atoms with Crippen molar-refractivity contribution >= 4 is 5.91 Å². The van der Waals surface area contributed by atoms with E-state index in [4.69, 9.17) is 9.47 Å². The van der Waals surface area contributed by atoms with E-state index in [1.54, 1.807) is 19.1 Å². The highest BCUT2D eigenvalue weighted by atomic mass is 16.5. The van der Waals surface area contributed by atoms with E-state index in [0.29, 0.717) is 25.3 Å². The van der Waals surface area contributed by atoms with Gasteiger partial charge in [0, 0.05) is 19.7 Å². The van der Waals surface area contributed by atoms with Crippen LogP contribution in [0.4, 0.5) is 0 Å². The summed E-state index contributed by atoms with van der Waals surface area (Å²) >= 11 is 0. The maximum absolute atomic E-state index is 12.5. The fourth-order valence-corrected chi connectivity index (χ4v) is 2.60. The van der Waals surface area contributed by atoms with E-state index in [2.05, 4.69) is 6.07 Å². The predicted molar refractivity (Wildman–Crippen MR) is 95.5 cm³/mol. The fraction of sp³-hybridized carbons (Fsp3) is 0.350. The van der Waals surface area contributed by atoms with E-state index in [0.717, 1.165) is 11.3 Å². The molecule has 2 aromatic rings. The molecule has 128 valence electrons. The van der Waals surface area contributed by atoms with Crippen molar-refractivity contribution in [2.45, 2.75) is 20.5 Å². The standard InChI is InChI=1S/C20H25NO3/c1-15-10-16(2)12-19(11-15)24-9-8-21(3)20(22)18-7-5-6-17(13-18)14-23-4/h5-7,10-13H,8-9,14H2,1-4H3. The Hall–Kier alpha value is -2.33. The molecule has 0 atom stereocenters. The molecule has 0 heterocycles. The van der Waals surface area contributed by atoms with Gasteiger partial charge in [-0.3, -0.25) is 4.79 Å². The zero-order chi connectivity index (χ0) is 17.5. The molecule has 0 radical (unpaired) electrons. The zero-order valence-corrected chi connectivity index (χ0v) is 14.8. The first-order valence-corrected chi connectivity index (χ1v) is 8.04. The third-order valence-corrected chi connectivity index (χ3v) is 3.72. The topological polar surface area (TPSA) is 38.8 Å². The SMILES string of the molecule is COCc1cccc(C(=O)N(C)CCOc2cc(C)cc(C)c2)c1. The summed E-state index contributed by atoms with van der Waals surface area (Å²) in [6.45, 7) is 5.58. The molecule has 0 aliphatic rings. The number of hydrogen-bond acceptors (Lipinski definition) is 3. The van der Waals surface area contributed by atoms with Crippen molar-refractivity contribution in [3.8, 4) is 5.75 Å². The van der Waals surface area contributed by atoms with Crippen molar-refractivity contribution in [2.24, 2.45) is 0 Å². The van der Waals surface area contributed by atoms with Gasteiger partial charge in [0.05, 0.1) is 13.2 Å². The molecule has 0 spiro atoms. The van der Waals surface area contributed by atoms with Crippen LogP contribution >= 0.6 is 0 Å². The minimum Gasteiger partial charge on any atom is -0.492 e.